The molecule has 1 heterocycles. The van der Waals surface area contributed by atoms with Crippen molar-refractivity contribution < 1.29 is 14.3 Å². The summed E-state index contributed by atoms with van der Waals surface area (Å²) in [5.41, 5.74) is 4.18. The van der Waals surface area contributed by atoms with Crippen LogP contribution in [0.25, 0.3) is 0 Å². The number of likely N-dealkylation sites (N-methyl/N-ethyl adjacent to an activating group) is 1. The minimum atomic E-state index is -0.718. The second-order valence-corrected chi connectivity index (χ2v) is 7.76. The summed E-state index contributed by atoms with van der Waals surface area (Å²) in [4.78, 5) is 29.0. The van der Waals surface area contributed by atoms with E-state index in [1.807, 2.05) is 19.0 Å². The summed E-state index contributed by atoms with van der Waals surface area (Å²) in [6.45, 7) is 1.40. The number of nitrogens with one attached hydrogen (secondary N) is 2. The van der Waals surface area contributed by atoms with E-state index in [1.165, 1.54) is 18.4 Å². The lowest BCUT2D eigenvalue weighted by atomic mass is 9.96. The number of nitrogens with zero attached hydrogens (tertiary/aromatic N) is 2. The number of rotatable bonds is 6. The number of hydrogen-bond donors (Lipinski definition) is 2. The molecule has 2 amide bonds. The Morgan fingerprint density at radius 2 is 1.93 bits per heavy atom. The zero-order chi connectivity index (χ0) is 21.7. The molecule has 1 aliphatic heterocycles. The Hall–Kier alpha value is -3.06. The molecular weight excluding hydrogens is 380 g/mol. The number of anilines is 2. The largest absolute Gasteiger partial charge is 0.495 e. The zero-order valence-corrected chi connectivity index (χ0v) is 18.1. The van der Waals surface area contributed by atoms with Gasteiger partial charge in [0.2, 0.25) is 0 Å². The van der Waals surface area contributed by atoms with Crippen LogP contribution in [0.15, 0.2) is 42.5 Å². The first-order valence-corrected chi connectivity index (χ1v) is 10.1. The number of ether oxygens (including phenoxy) is 1. The van der Waals surface area contributed by atoms with Crippen molar-refractivity contribution in [1.29, 1.82) is 0 Å². The summed E-state index contributed by atoms with van der Waals surface area (Å²) in [5.74, 6) is -0.890. The van der Waals surface area contributed by atoms with Crippen LogP contribution in [0.1, 0.15) is 23.6 Å². The average Bonchev–Trinajstić information content (AvgIpc) is 2.74. The number of carbonyl (C=O) groups is 2. The van der Waals surface area contributed by atoms with E-state index in [4.69, 9.17) is 4.74 Å². The van der Waals surface area contributed by atoms with Crippen molar-refractivity contribution in [3.63, 3.8) is 0 Å². The van der Waals surface area contributed by atoms with Crippen LogP contribution in [0.2, 0.25) is 0 Å². The third-order valence-corrected chi connectivity index (χ3v) is 5.48. The molecule has 0 radical (unpaired) electrons. The van der Waals surface area contributed by atoms with Crippen LogP contribution in [0.4, 0.5) is 11.4 Å². The normalized spacial score (nSPS) is 14.1. The summed E-state index contributed by atoms with van der Waals surface area (Å²) in [6, 6.07) is 13.4. The van der Waals surface area contributed by atoms with Crippen LogP contribution in [-0.2, 0) is 16.0 Å². The van der Waals surface area contributed by atoms with E-state index in [9.17, 15) is 9.59 Å². The first-order chi connectivity index (χ1) is 14.4. The van der Waals surface area contributed by atoms with E-state index in [0.29, 0.717) is 18.0 Å². The molecule has 0 aliphatic carbocycles. The molecule has 0 saturated carbocycles. The maximum Gasteiger partial charge on any atom is 0.313 e. The van der Waals surface area contributed by atoms with Gasteiger partial charge in [-0.15, -0.1) is 0 Å². The second-order valence-electron chi connectivity index (χ2n) is 7.76. The summed E-state index contributed by atoms with van der Waals surface area (Å²) in [5, 5.41) is 5.37. The Morgan fingerprint density at radius 1 is 1.17 bits per heavy atom. The molecule has 0 spiro atoms. The van der Waals surface area contributed by atoms with Crippen LogP contribution in [0.3, 0.4) is 0 Å². The van der Waals surface area contributed by atoms with Crippen molar-refractivity contribution in [2.45, 2.75) is 18.9 Å². The van der Waals surface area contributed by atoms with Crippen molar-refractivity contribution >= 4 is 23.2 Å². The quantitative estimate of drug-likeness (QED) is 0.716. The van der Waals surface area contributed by atoms with Gasteiger partial charge in [-0.05, 0) is 56.3 Å². The highest BCUT2D eigenvalue weighted by molar-refractivity contribution is 6.39. The molecule has 0 saturated heterocycles. The van der Waals surface area contributed by atoms with E-state index >= 15 is 0 Å². The molecule has 1 atom stereocenters. The van der Waals surface area contributed by atoms with E-state index in [1.54, 1.807) is 24.3 Å². The lowest BCUT2D eigenvalue weighted by molar-refractivity contribution is -0.136. The van der Waals surface area contributed by atoms with Gasteiger partial charge in [-0.2, -0.15) is 0 Å². The molecule has 1 aliphatic rings. The minimum Gasteiger partial charge on any atom is -0.495 e. The SMILES string of the molecule is COc1ccccc1NC(=O)C(=O)NC[C@H](c1ccc2c(c1)CCCN2C)N(C)C. The Morgan fingerprint density at radius 3 is 2.67 bits per heavy atom. The van der Waals surface area contributed by atoms with E-state index in [-0.39, 0.29) is 6.04 Å². The van der Waals surface area contributed by atoms with Crippen molar-refractivity contribution in [2.24, 2.45) is 0 Å². The highest BCUT2D eigenvalue weighted by Crippen LogP contribution is 2.30. The number of aryl methyl sites for hydroxylation is 1. The number of carbonyl (C=O) groups excluding carboxylic acids is 2. The number of hydrogen-bond acceptors (Lipinski definition) is 5. The number of fused-ring (bicyclic) bond motifs is 1. The predicted molar refractivity (Wildman–Crippen MR) is 119 cm³/mol. The highest BCUT2D eigenvalue weighted by Gasteiger charge is 2.22. The van der Waals surface area contributed by atoms with E-state index < -0.39 is 11.8 Å². The van der Waals surface area contributed by atoms with Crippen LogP contribution in [-0.4, -0.2) is 58.1 Å². The maximum atomic E-state index is 12.4. The van der Waals surface area contributed by atoms with Crippen molar-refractivity contribution in [1.82, 2.24) is 10.2 Å². The fourth-order valence-corrected chi connectivity index (χ4v) is 3.81. The van der Waals surface area contributed by atoms with E-state index in [2.05, 4.69) is 40.8 Å². The molecule has 7 heteroatoms. The Labute approximate surface area is 178 Å². The van der Waals surface area contributed by atoms with Gasteiger partial charge < -0.3 is 25.2 Å². The van der Waals surface area contributed by atoms with Gasteiger partial charge in [0.25, 0.3) is 0 Å². The molecule has 7 nitrogen and oxygen atoms in total. The fourth-order valence-electron chi connectivity index (χ4n) is 3.81. The van der Waals surface area contributed by atoms with Crippen LogP contribution in [0, 0.1) is 0 Å². The topological polar surface area (TPSA) is 73.9 Å². The molecular formula is C23H30N4O3. The van der Waals surface area contributed by atoms with Crippen molar-refractivity contribution in [3.8, 4) is 5.75 Å². The molecule has 2 aromatic rings. The van der Waals surface area contributed by atoms with Crippen molar-refractivity contribution in [3.05, 3.63) is 53.6 Å². The fraction of sp³-hybridized carbons (Fsp3) is 0.391. The molecule has 2 N–H and O–H groups in total. The molecule has 30 heavy (non-hydrogen) atoms. The minimum absolute atomic E-state index is 0.0365. The summed E-state index contributed by atoms with van der Waals surface area (Å²) < 4.78 is 5.21. The van der Waals surface area contributed by atoms with Crippen LogP contribution in [0.5, 0.6) is 5.75 Å². The van der Waals surface area contributed by atoms with Gasteiger partial charge in [0.15, 0.2) is 0 Å². The first-order valence-electron chi connectivity index (χ1n) is 10.1. The van der Waals surface area contributed by atoms with E-state index in [0.717, 1.165) is 24.9 Å². The predicted octanol–water partition coefficient (Wildman–Crippen LogP) is 2.44. The number of benzene rings is 2. The molecule has 0 fully saturated rings. The Kier molecular flexibility index (Phi) is 6.95. The van der Waals surface area contributed by atoms with Crippen LogP contribution >= 0.6 is 0 Å². The first kappa shape index (κ1) is 21.6. The summed E-state index contributed by atoms with van der Waals surface area (Å²) in [6.07, 6.45) is 2.20. The molecule has 0 unspecified atom stereocenters. The second kappa shape index (κ2) is 9.63. The number of methoxy groups -OCH3 is 1. The zero-order valence-electron chi connectivity index (χ0n) is 18.1. The number of amides is 2. The highest BCUT2D eigenvalue weighted by atomic mass is 16.5. The molecule has 0 bridgehead atoms. The third kappa shape index (κ3) is 4.91. The summed E-state index contributed by atoms with van der Waals surface area (Å²) >= 11 is 0. The average molecular weight is 411 g/mol. The molecule has 2 aromatic carbocycles. The van der Waals surface area contributed by atoms with Gasteiger partial charge in [0, 0.05) is 25.8 Å². The van der Waals surface area contributed by atoms with Gasteiger partial charge in [0.05, 0.1) is 18.8 Å². The summed E-state index contributed by atoms with van der Waals surface area (Å²) in [7, 11) is 7.57. The molecule has 3 rings (SSSR count). The van der Waals surface area contributed by atoms with Gasteiger partial charge in [-0.3, -0.25) is 9.59 Å². The smallest absolute Gasteiger partial charge is 0.313 e. The Bertz CT molecular complexity index is 913. The molecule has 160 valence electrons. The van der Waals surface area contributed by atoms with Crippen LogP contribution < -0.4 is 20.3 Å². The van der Waals surface area contributed by atoms with Gasteiger partial charge in [-0.25, -0.2) is 0 Å². The Balaban J connectivity index is 1.66. The standard InChI is InChI=1S/C23H30N4O3/c1-26(2)20(17-11-12-19-16(14-17)8-7-13-27(19)3)15-24-22(28)23(29)25-18-9-5-6-10-21(18)30-4/h5-6,9-12,14,20H,7-8,13,15H2,1-4H3,(H,24,28)(H,25,29)/t20-/m1/s1. The number of para-hydroxylation sites is 2. The molecule has 0 aromatic heterocycles. The van der Waals surface area contributed by atoms with Gasteiger partial charge in [-0.1, -0.05) is 24.3 Å². The lowest BCUT2D eigenvalue weighted by Gasteiger charge is -2.30. The lowest BCUT2D eigenvalue weighted by Crippen LogP contribution is -2.40. The van der Waals surface area contributed by atoms with Gasteiger partial charge >= 0.3 is 11.8 Å². The van der Waals surface area contributed by atoms with Crippen molar-refractivity contribution in [2.75, 3.05) is 51.6 Å². The monoisotopic (exact) mass is 410 g/mol. The third-order valence-electron chi connectivity index (χ3n) is 5.48. The maximum absolute atomic E-state index is 12.4. The van der Waals surface area contributed by atoms with Gasteiger partial charge in [0.1, 0.15) is 5.75 Å².